The van der Waals surface area contributed by atoms with Gasteiger partial charge in [0, 0.05) is 29.3 Å². The summed E-state index contributed by atoms with van der Waals surface area (Å²) in [7, 11) is 0. The highest BCUT2D eigenvalue weighted by Gasteiger charge is 2.31. The van der Waals surface area contributed by atoms with Crippen LogP contribution in [0.5, 0.6) is 0 Å². The lowest BCUT2D eigenvalue weighted by molar-refractivity contribution is -0.119. The zero-order valence-electron chi connectivity index (χ0n) is 15.2. The summed E-state index contributed by atoms with van der Waals surface area (Å²) in [5, 5.41) is 0.559. The van der Waals surface area contributed by atoms with E-state index in [2.05, 4.69) is 41.0 Å². The Morgan fingerprint density at radius 2 is 1.96 bits per heavy atom. The van der Waals surface area contributed by atoms with Crippen molar-refractivity contribution in [1.29, 1.82) is 0 Å². The molecule has 25 heavy (non-hydrogen) atoms. The highest BCUT2D eigenvalue weighted by atomic mass is 32.2. The molecule has 3 aliphatic rings. The lowest BCUT2D eigenvalue weighted by atomic mass is 10.2. The quantitative estimate of drug-likeness (QED) is 0.811. The van der Waals surface area contributed by atoms with Crippen LogP contribution in [0.25, 0.3) is 0 Å². The molecule has 2 saturated heterocycles. The van der Waals surface area contributed by atoms with Gasteiger partial charge in [0.15, 0.2) is 0 Å². The van der Waals surface area contributed by atoms with E-state index in [1.54, 1.807) is 0 Å². The number of para-hydroxylation sites is 1. The van der Waals surface area contributed by atoms with Crippen LogP contribution in [0.3, 0.4) is 0 Å². The largest absolute Gasteiger partial charge is 0.310 e. The molecule has 1 aromatic carbocycles. The molecule has 3 aliphatic heterocycles. The number of hydrogen-bond acceptors (Lipinski definition) is 4. The van der Waals surface area contributed by atoms with E-state index in [-0.39, 0.29) is 5.91 Å². The van der Waals surface area contributed by atoms with E-state index in [1.807, 2.05) is 16.7 Å². The Bertz CT molecular complexity index is 623. The fourth-order valence-corrected chi connectivity index (χ4v) is 5.56. The van der Waals surface area contributed by atoms with Crippen molar-refractivity contribution >= 4 is 23.4 Å². The van der Waals surface area contributed by atoms with Crippen molar-refractivity contribution in [1.82, 2.24) is 9.80 Å². The Kier molecular flexibility index (Phi) is 5.34. The molecule has 0 bridgehead atoms. The molecule has 4 nitrogen and oxygen atoms in total. The maximum atomic E-state index is 13.2. The van der Waals surface area contributed by atoms with Gasteiger partial charge in [0.25, 0.3) is 0 Å². The predicted octanol–water partition coefficient (Wildman–Crippen LogP) is 3.07. The summed E-state index contributed by atoms with van der Waals surface area (Å²) < 4.78 is 0. The number of hydrogen-bond donors (Lipinski definition) is 0. The molecule has 5 heteroatoms. The summed E-state index contributed by atoms with van der Waals surface area (Å²) in [4.78, 5) is 21.5. The zero-order valence-corrected chi connectivity index (χ0v) is 16.0. The average molecular weight is 360 g/mol. The summed E-state index contributed by atoms with van der Waals surface area (Å²) in [6, 6.07) is 9.07. The van der Waals surface area contributed by atoms with Gasteiger partial charge in [0.1, 0.15) is 0 Å². The van der Waals surface area contributed by atoms with Crippen molar-refractivity contribution in [2.75, 3.05) is 44.2 Å². The molecule has 2 unspecified atom stereocenters. The molecular formula is C20H29N3OS. The zero-order chi connectivity index (χ0) is 17.2. The molecule has 0 radical (unpaired) electrons. The van der Waals surface area contributed by atoms with Crippen molar-refractivity contribution in [3.63, 3.8) is 0 Å². The van der Waals surface area contributed by atoms with Gasteiger partial charge in [-0.25, -0.2) is 0 Å². The van der Waals surface area contributed by atoms with Crippen molar-refractivity contribution < 1.29 is 4.79 Å². The molecule has 2 fully saturated rings. The second-order valence-electron chi connectivity index (χ2n) is 7.65. The molecule has 1 aromatic rings. The Balaban J connectivity index is 1.47. The number of fused-ring (bicyclic) bond motifs is 2. The van der Waals surface area contributed by atoms with E-state index in [0.717, 1.165) is 31.7 Å². The number of amides is 1. The number of anilines is 1. The molecule has 2 atom stereocenters. The highest BCUT2D eigenvalue weighted by molar-refractivity contribution is 8.00. The predicted molar refractivity (Wildman–Crippen MR) is 104 cm³/mol. The summed E-state index contributed by atoms with van der Waals surface area (Å²) in [5.41, 5.74) is 1.11. The van der Waals surface area contributed by atoms with E-state index in [0.29, 0.717) is 17.8 Å². The number of benzene rings is 1. The number of rotatable bonds is 2. The van der Waals surface area contributed by atoms with Crippen LogP contribution in [0.4, 0.5) is 5.69 Å². The van der Waals surface area contributed by atoms with E-state index in [1.165, 1.54) is 37.2 Å². The van der Waals surface area contributed by atoms with Gasteiger partial charge in [-0.15, -0.1) is 11.8 Å². The van der Waals surface area contributed by atoms with E-state index >= 15 is 0 Å². The number of carbonyl (C=O) groups excluding carboxylic acids is 1. The van der Waals surface area contributed by atoms with Crippen LogP contribution >= 0.6 is 11.8 Å². The SMILES string of the molecule is CC1CCN(C(=O)CN2CCCN3CCCC3C2)c2ccccc2S1. The first-order chi connectivity index (χ1) is 12.2. The van der Waals surface area contributed by atoms with Crippen molar-refractivity contribution in [2.24, 2.45) is 0 Å². The number of nitrogens with zero attached hydrogens (tertiary/aromatic N) is 3. The molecular weight excluding hydrogens is 330 g/mol. The highest BCUT2D eigenvalue weighted by Crippen LogP contribution is 2.37. The van der Waals surface area contributed by atoms with Crippen LogP contribution in [-0.4, -0.2) is 66.3 Å². The number of carbonyl (C=O) groups is 1. The number of thioether (sulfide) groups is 1. The molecule has 4 rings (SSSR count). The second kappa shape index (κ2) is 7.68. The fraction of sp³-hybridized carbons (Fsp3) is 0.650. The van der Waals surface area contributed by atoms with Crippen LogP contribution in [0.2, 0.25) is 0 Å². The first kappa shape index (κ1) is 17.4. The molecule has 0 aromatic heterocycles. The average Bonchev–Trinajstić information content (AvgIpc) is 2.84. The van der Waals surface area contributed by atoms with Crippen LogP contribution in [0, 0.1) is 0 Å². The molecule has 1 amide bonds. The summed E-state index contributed by atoms with van der Waals surface area (Å²) >= 11 is 1.90. The molecule has 0 N–H and O–H groups in total. The smallest absolute Gasteiger partial charge is 0.241 e. The topological polar surface area (TPSA) is 26.8 Å². The van der Waals surface area contributed by atoms with Gasteiger partial charge < -0.3 is 4.90 Å². The summed E-state index contributed by atoms with van der Waals surface area (Å²) in [6.45, 7) is 8.24. The molecule has 0 spiro atoms. The van der Waals surface area contributed by atoms with Gasteiger partial charge in [0.05, 0.1) is 12.2 Å². The Morgan fingerprint density at radius 1 is 1.12 bits per heavy atom. The molecule has 0 saturated carbocycles. The Labute approximate surface area is 155 Å². The van der Waals surface area contributed by atoms with Crippen LogP contribution in [0.15, 0.2) is 29.2 Å². The first-order valence-electron chi connectivity index (χ1n) is 9.73. The van der Waals surface area contributed by atoms with E-state index in [9.17, 15) is 4.79 Å². The molecule has 0 aliphatic carbocycles. The lowest BCUT2D eigenvalue weighted by Crippen LogP contribution is -2.44. The van der Waals surface area contributed by atoms with Gasteiger partial charge >= 0.3 is 0 Å². The maximum Gasteiger partial charge on any atom is 0.241 e. The molecule has 3 heterocycles. The van der Waals surface area contributed by atoms with Gasteiger partial charge in [-0.3, -0.25) is 14.6 Å². The third-order valence-corrected chi connectivity index (χ3v) is 7.03. The normalized spacial score (nSPS) is 28.1. The van der Waals surface area contributed by atoms with Crippen molar-refractivity contribution in [3.05, 3.63) is 24.3 Å². The van der Waals surface area contributed by atoms with Gasteiger partial charge in [-0.1, -0.05) is 19.1 Å². The summed E-state index contributed by atoms with van der Waals surface area (Å²) in [6.07, 6.45) is 4.86. The first-order valence-corrected chi connectivity index (χ1v) is 10.6. The van der Waals surface area contributed by atoms with E-state index < -0.39 is 0 Å². The second-order valence-corrected chi connectivity index (χ2v) is 9.13. The van der Waals surface area contributed by atoms with Gasteiger partial charge in [0.2, 0.25) is 5.91 Å². The van der Waals surface area contributed by atoms with Crippen molar-refractivity contribution in [2.45, 2.75) is 48.8 Å². The maximum absolute atomic E-state index is 13.2. The van der Waals surface area contributed by atoms with E-state index in [4.69, 9.17) is 0 Å². The monoisotopic (exact) mass is 359 g/mol. The van der Waals surface area contributed by atoms with Crippen LogP contribution in [-0.2, 0) is 4.79 Å². The van der Waals surface area contributed by atoms with Gasteiger partial charge in [-0.05, 0) is 57.5 Å². The van der Waals surface area contributed by atoms with Gasteiger partial charge in [-0.2, -0.15) is 0 Å². The van der Waals surface area contributed by atoms with Crippen molar-refractivity contribution in [3.8, 4) is 0 Å². The third kappa shape index (κ3) is 3.88. The lowest BCUT2D eigenvalue weighted by Gasteiger charge is -2.28. The fourth-order valence-electron chi connectivity index (χ4n) is 4.45. The summed E-state index contributed by atoms with van der Waals surface area (Å²) in [5.74, 6) is 0.272. The Hall–Kier alpha value is -1.04. The third-order valence-electron chi connectivity index (χ3n) is 5.79. The Morgan fingerprint density at radius 3 is 2.88 bits per heavy atom. The minimum absolute atomic E-state index is 0.272. The minimum atomic E-state index is 0.272. The van der Waals surface area contributed by atoms with Crippen LogP contribution < -0.4 is 4.90 Å². The van der Waals surface area contributed by atoms with Crippen LogP contribution in [0.1, 0.15) is 32.6 Å². The minimum Gasteiger partial charge on any atom is -0.310 e. The standard InChI is InChI=1S/C20H29N3OS/c1-16-9-13-23(18-7-2-3-8-19(18)25-16)20(24)15-21-10-5-12-22-11-4-6-17(22)14-21/h2-3,7-8,16-17H,4-6,9-15H2,1H3. The molecule has 136 valence electrons.